The maximum atomic E-state index is 6.27. The Labute approximate surface area is 107 Å². The third kappa shape index (κ3) is 1.52. The zero-order chi connectivity index (χ0) is 12.2. The van der Waals surface area contributed by atoms with Crippen LogP contribution in [0, 0.1) is 5.92 Å². The monoisotopic (exact) mass is 248 g/mol. The SMILES string of the molecule is CC1C=C(Cl)C=C2C(C1)c1occc1C2(C)C. The van der Waals surface area contributed by atoms with Gasteiger partial charge in [0.1, 0.15) is 5.76 Å². The van der Waals surface area contributed by atoms with E-state index >= 15 is 0 Å². The Morgan fingerprint density at radius 3 is 2.94 bits per heavy atom. The average Bonchev–Trinajstić information content (AvgIpc) is 2.72. The second-order valence-electron chi connectivity index (χ2n) is 5.74. The summed E-state index contributed by atoms with van der Waals surface area (Å²) in [7, 11) is 0. The van der Waals surface area contributed by atoms with Crippen LogP contribution in [0.2, 0.25) is 0 Å². The summed E-state index contributed by atoms with van der Waals surface area (Å²) in [5.74, 6) is 2.04. The van der Waals surface area contributed by atoms with Crippen molar-refractivity contribution in [3.05, 3.63) is 46.4 Å². The molecule has 1 heterocycles. The van der Waals surface area contributed by atoms with Crippen molar-refractivity contribution in [2.24, 2.45) is 5.92 Å². The highest BCUT2D eigenvalue weighted by Crippen LogP contribution is 2.54. The molecule has 2 aliphatic carbocycles. The molecule has 2 unspecified atom stereocenters. The molecule has 0 bridgehead atoms. The highest BCUT2D eigenvalue weighted by molar-refractivity contribution is 6.31. The smallest absolute Gasteiger partial charge is 0.114 e. The van der Waals surface area contributed by atoms with Crippen molar-refractivity contribution < 1.29 is 4.42 Å². The molecule has 0 N–H and O–H groups in total. The van der Waals surface area contributed by atoms with E-state index < -0.39 is 0 Å². The molecule has 1 nitrogen and oxygen atoms in total. The number of furan rings is 1. The van der Waals surface area contributed by atoms with Gasteiger partial charge in [0, 0.05) is 21.9 Å². The Hall–Kier alpha value is -0.950. The molecular weight excluding hydrogens is 232 g/mol. The van der Waals surface area contributed by atoms with Crippen LogP contribution in [0.4, 0.5) is 0 Å². The van der Waals surface area contributed by atoms with Crippen LogP contribution < -0.4 is 0 Å². The fourth-order valence-corrected chi connectivity index (χ4v) is 3.60. The van der Waals surface area contributed by atoms with Gasteiger partial charge in [0.05, 0.1) is 6.26 Å². The van der Waals surface area contributed by atoms with Gasteiger partial charge in [0.2, 0.25) is 0 Å². The standard InChI is InChI=1S/C15H17ClO/c1-9-6-10(16)8-13-11(7-9)14-12(4-5-17-14)15(13,2)3/h4-6,8-9,11H,7H2,1-3H3. The van der Waals surface area contributed by atoms with Gasteiger partial charge < -0.3 is 4.42 Å². The van der Waals surface area contributed by atoms with Crippen LogP contribution in [0.3, 0.4) is 0 Å². The van der Waals surface area contributed by atoms with E-state index in [1.54, 1.807) is 0 Å². The zero-order valence-electron chi connectivity index (χ0n) is 10.5. The summed E-state index contributed by atoms with van der Waals surface area (Å²) in [6, 6.07) is 2.10. The van der Waals surface area contributed by atoms with Crippen LogP contribution in [0.5, 0.6) is 0 Å². The van der Waals surface area contributed by atoms with E-state index in [2.05, 4.69) is 39.0 Å². The van der Waals surface area contributed by atoms with E-state index in [0.717, 1.165) is 17.2 Å². The van der Waals surface area contributed by atoms with E-state index in [4.69, 9.17) is 16.0 Å². The molecular formula is C15H17ClO. The van der Waals surface area contributed by atoms with Crippen LogP contribution >= 0.6 is 11.6 Å². The molecule has 1 aromatic rings. The summed E-state index contributed by atoms with van der Waals surface area (Å²) in [6.07, 6.45) is 7.19. The number of allylic oxidation sites excluding steroid dienone is 4. The topological polar surface area (TPSA) is 13.1 Å². The first kappa shape index (κ1) is 11.2. The Kier molecular flexibility index (Phi) is 2.31. The molecule has 3 rings (SSSR count). The van der Waals surface area contributed by atoms with Gasteiger partial charge in [0.25, 0.3) is 0 Å². The van der Waals surface area contributed by atoms with Crippen LogP contribution in [0.15, 0.2) is 39.5 Å². The first-order valence-corrected chi connectivity index (χ1v) is 6.55. The van der Waals surface area contributed by atoms with Gasteiger partial charge in [-0.2, -0.15) is 0 Å². The van der Waals surface area contributed by atoms with Gasteiger partial charge >= 0.3 is 0 Å². The third-order valence-corrected chi connectivity index (χ3v) is 4.36. The predicted octanol–water partition coefficient (Wildman–Crippen LogP) is 4.74. The lowest BCUT2D eigenvalue weighted by atomic mass is 9.80. The Morgan fingerprint density at radius 2 is 2.18 bits per heavy atom. The molecule has 0 saturated carbocycles. The minimum absolute atomic E-state index is 0.0467. The molecule has 17 heavy (non-hydrogen) atoms. The van der Waals surface area contributed by atoms with E-state index in [0.29, 0.717) is 11.8 Å². The number of hydrogen-bond donors (Lipinski definition) is 0. The first-order chi connectivity index (χ1) is 8.00. The number of fused-ring (bicyclic) bond motifs is 3. The van der Waals surface area contributed by atoms with Crippen LogP contribution in [-0.4, -0.2) is 0 Å². The van der Waals surface area contributed by atoms with Crippen molar-refractivity contribution in [3.8, 4) is 0 Å². The molecule has 0 amide bonds. The Morgan fingerprint density at radius 1 is 1.41 bits per heavy atom. The van der Waals surface area contributed by atoms with Gasteiger partial charge in [-0.15, -0.1) is 0 Å². The molecule has 0 aromatic carbocycles. The van der Waals surface area contributed by atoms with E-state index in [1.807, 2.05) is 6.26 Å². The van der Waals surface area contributed by atoms with Crippen molar-refractivity contribution in [2.75, 3.05) is 0 Å². The molecule has 2 atom stereocenters. The van der Waals surface area contributed by atoms with Crippen LogP contribution in [0.25, 0.3) is 0 Å². The normalized spacial score (nSPS) is 30.1. The quantitative estimate of drug-likeness (QED) is 0.646. The van der Waals surface area contributed by atoms with Crippen LogP contribution in [-0.2, 0) is 5.41 Å². The summed E-state index contributed by atoms with van der Waals surface area (Å²) >= 11 is 6.27. The van der Waals surface area contributed by atoms with E-state index in [1.165, 1.54) is 11.1 Å². The summed E-state index contributed by atoms with van der Waals surface area (Å²) < 4.78 is 5.71. The van der Waals surface area contributed by atoms with Gasteiger partial charge in [-0.25, -0.2) is 0 Å². The Balaban J connectivity index is 2.18. The fraction of sp³-hybridized carbons (Fsp3) is 0.467. The molecule has 2 aliphatic rings. The summed E-state index contributed by atoms with van der Waals surface area (Å²) in [5, 5.41) is 0.869. The van der Waals surface area contributed by atoms with Crippen molar-refractivity contribution in [1.82, 2.24) is 0 Å². The molecule has 2 heteroatoms. The molecule has 0 fully saturated rings. The Bertz CT molecular complexity index is 519. The molecule has 0 spiro atoms. The minimum atomic E-state index is 0.0467. The van der Waals surface area contributed by atoms with Crippen LogP contribution in [0.1, 0.15) is 44.4 Å². The molecule has 0 radical (unpaired) electrons. The summed E-state index contributed by atoms with van der Waals surface area (Å²) in [6.45, 7) is 6.73. The molecule has 90 valence electrons. The maximum Gasteiger partial charge on any atom is 0.114 e. The first-order valence-electron chi connectivity index (χ1n) is 6.17. The van der Waals surface area contributed by atoms with E-state index in [-0.39, 0.29) is 5.41 Å². The van der Waals surface area contributed by atoms with Gasteiger partial charge in [0.15, 0.2) is 0 Å². The molecule has 1 aromatic heterocycles. The lowest BCUT2D eigenvalue weighted by Gasteiger charge is -2.23. The summed E-state index contributed by atoms with van der Waals surface area (Å²) in [5.41, 5.74) is 2.77. The maximum absolute atomic E-state index is 6.27. The minimum Gasteiger partial charge on any atom is -0.468 e. The van der Waals surface area contributed by atoms with Gasteiger partial charge in [-0.3, -0.25) is 0 Å². The molecule has 0 aliphatic heterocycles. The highest BCUT2D eigenvalue weighted by Gasteiger charge is 2.44. The lowest BCUT2D eigenvalue weighted by molar-refractivity contribution is 0.456. The second-order valence-corrected chi connectivity index (χ2v) is 6.18. The van der Waals surface area contributed by atoms with Crippen molar-refractivity contribution in [1.29, 1.82) is 0 Å². The van der Waals surface area contributed by atoms with Crippen molar-refractivity contribution in [3.63, 3.8) is 0 Å². The number of hydrogen-bond acceptors (Lipinski definition) is 1. The summed E-state index contributed by atoms with van der Waals surface area (Å²) in [4.78, 5) is 0. The number of rotatable bonds is 0. The van der Waals surface area contributed by atoms with E-state index in [9.17, 15) is 0 Å². The molecule has 0 saturated heterocycles. The van der Waals surface area contributed by atoms with Crippen molar-refractivity contribution in [2.45, 2.75) is 38.5 Å². The third-order valence-electron chi connectivity index (χ3n) is 4.13. The fourth-order valence-electron chi connectivity index (χ4n) is 3.26. The van der Waals surface area contributed by atoms with Gasteiger partial charge in [-0.1, -0.05) is 38.4 Å². The predicted molar refractivity (Wildman–Crippen MR) is 70.3 cm³/mol. The zero-order valence-corrected chi connectivity index (χ0v) is 11.2. The average molecular weight is 249 g/mol. The van der Waals surface area contributed by atoms with Gasteiger partial charge in [-0.05, 0) is 30.1 Å². The van der Waals surface area contributed by atoms with Crippen molar-refractivity contribution >= 4 is 11.6 Å². The number of halogens is 1. The highest BCUT2D eigenvalue weighted by atomic mass is 35.5. The lowest BCUT2D eigenvalue weighted by Crippen LogP contribution is -2.16. The second kappa shape index (κ2) is 3.52. The largest absolute Gasteiger partial charge is 0.468 e.